The maximum Gasteiger partial charge on any atom is 0.337 e. The van der Waals surface area contributed by atoms with Gasteiger partial charge in [-0.1, -0.05) is 35.3 Å². The highest BCUT2D eigenvalue weighted by Crippen LogP contribution is 2.31. The number of hydrogen-bond acceptors (Lipinski definition) is 8. The molecule has 0 aliphatic rings. The smallest absolute Gasteiger partial charge is 0.337 e. The number of amides is 2. The van der Waals surface area contributed by atoms with Gasteiger partial charge in [0.05, 0.1) is 41.1 Å². The number of hydrogen-bond donors (Lipinski definition) is 8. The summed E-state index contributed by atoms with van der Waals surface area (Å²) in [6.07, 6.45) is 2.52. The van der Waals surface area contributed by atoms with Crippen molar-refractivity contribution in [3.63, 3.8) is 0 Å². The highest BCUT2D eigenvalue weighted by atomic mass is 35.5. The lowest BCUT2D eigenvalue weighted by molar-refractivity contribution is -0.123. The number of carbonyl (C=O) groups is 3. The fourth-order valence-electron chi connectivity index (χ4n) is 3.88. The Balaban J connectivity index is 1.65. The van der Waals surface area contributed by atoms with E-state index >= 15 is 0 Å². The number of guanidine groups is 1. The Labute approximate surface area is 251 Å². The van der Waals surface area contributed by atoms with Crippen molar-refractivity contribution in [1.29, 1.82) is 5.41 Å². The number of aromatic carboxylic acids is 1. The van der Waals surface area contributed by atoms with Gasteiger partial charge in [-0.15, -0.1) is 0 Å². The summed E-state index contributed by atoms with van der Waals surface area (Å²) in [6, 6.07) is 9.28. The maximum absolute atomic E-state index is 13.2. The fourth-order valence-corrected chi connectivity index (χ4v) is 4.27. The average Bonchev–Trinajstić information content (AvgIpc) is 3.42. The number of carboxylic acids is 1. The molecule has 42 heavy (non-hydrogen) atoms. The van der Waals surface area contributed by atoms with Gasteiger partial charge < -0.3 is 36.9 Å². The zero-order chi connectivity index (χ0) is 30.6. The molecule has 0 fully saturated rings. The van der Waals surface area contributed by atoms with Crippen molar-refractivity contribution in [3.05, 3.63) is 70.2 Å². The molecular weight excluding hydrogens is 587 g/mol. The summed E-state index contributed by atoms with van der Waals surface area (Å²) in [6.45, 7) is 0.540. The summed E-state index contributed by atoms with van der Waals surface area (Å²) in [5.41, 5.74) is 11.8. The van der Waals surface area contributed by atoms with Crippen molar-refractivity contribution >= 4 is 52.6 Å². The monoisotopic (exact) mass is 618 g/mol. The van der Waals surface area contributed by atoms with Crippen molar-refractivity contribution in [1.82, 2.24) is 20.9 Å². The number of halogens is 2. The van der Waals surface area contributed by atoms with Crippen LogP contribution in [0.15, 0.2) is 53.1 Å². The quantitative estimate of drug-likeness (QED) is 0.0705. The van der Waals surface area contributed by atoms with Crippen LogP contribution in [0.25, 0.3) is 11.3 Å². The maximum atomic E-state index is 13.2. The first kappa shape index (κ1) is 32.3. The van der Waals surface area contributed by atoms with E-state index in [9.17, 15) is 19.5 Å². The lowest BCUT2D eigenvalue weighted by Crippen LogP contribution is -2.45. The predicted molar refractivity (Wildman–Crippen MR) is 159 cm³/mol. The lowest BCUT2D eigenvalue weighted by Gasteiger charge is -2.19. The largest absolute Gasteiger partial charge is 0.478 e. The third kappa shape index (κ3) is 9.73. The summed E-state index contributed by atoms with van der Waals surface area (Å²) < 4.78 is 5.80. The van der Waals surface area contributed by atoms with E-state index in [0.29, 0.717) is 40.8 Å². The van der Waals surface area contributed by atoms with Gasteiger partial charge in [0.1, 0.15) is 0 Å². The summed E-state index contributed by atoms with van der Waals surface area (Å²) >= 11 is 12.3. The number of anilines is 1. The third-order valence-corrected chi connectivity index (χ3v) is 6.62. The summed E-state index contributed by atoms with van der Waals surface area (Å²) in [4.78, 5) is 41.5. The summed E-state index contributed by atoms with van der Waals surface area (Å²) in [5.74, 6) is -1.64. The molecule has 10 N–H and O–H groups in total. The SMILES string of the molecule is N=C(N)NCCCC(N)C(=O)NCCC(NCc1ncc(-c2cc(Cl)ccc2Cl)o1)C(=O)Nc1ccccc1C(=O)O. The third-order valence-electron chi connectivity index (χ3n) is 6.06. The summed E-state index contributed by atoms with van der Waals surface area (Å²) in [7, 11) is 0. The molecule has 3 rings (SSSR count). The van der Waals surface area contributed by atoms with Crippen LogP contribution in [0.1, 0.15) is 35.5 Å². The zero-order valence-corrected chi connectivity index (χ0v) is 24.0. The number of carbonyl (C=O) groups excluding carboxylic acids is 2. The Morgan fingerprint density at radius 2 is 1.81 bits per heavy atom. The Hall–Kier alpha value is -4.17. The number of carboxylic acid groups (broad SMARTS) is 1. The van der Waals surface area contributed by atoms with E-state index in [-0.39, 0.29) is 42.6 Å². The number of rotatable bonds is 15. The molecule has 15 heteroatoms. The Kier molecular flexibility index (Phi) is 12.1. The van der Waals surface area contributed by atoms with Gasteiger partial charge in [0.15, 0.2) is 11.7 Å². The van der Waals surface area contributed by atoms with Gasteiger partial charge in [-0.3, -0.25) is 20.3 Å². The van der Waals surface area contributed by atoms with Crippen LogP contribution in [-0.4, -0.2) is 59.0 Å². The molecule has 2 amide bonds. The molecule has 2 atom stereocenters. The van der Waals surface area contributed by atoms with Crippen LogP contribution in [0.4, 0.5) is 5.69 Å². The number of oxazole rings is 1. The fraction of sp³-hybridized carbons (Fsp3) is 0.296. The molecule has 0 spiro atoms. The molecule has 0 saturated heterocycles. The van der Waals surface area contributed by atoms with Gasteiger partial charge in [-0.05, 0) is 49.6 Å². The van der Waals surface area contributed by atoms with Gasteiger partial charge in [0, 0.05) is 23.7 Å². The molecule has 0 radical (unpaired) electrons. The van der Waals surface area contributed by atoms with Crippen LogP contribution in [-0.2, 0) is 16.1 Å². The van der Waals surface area contributed by atoms with E-state index in [1.807, 2.05) is 0 Å². The molecule has 1 aromatic heterocycles. The summed E-state index contributed by atoms with van der Waals surface area (Å²) in [5, 5.41) is 28.6. The minimum absolute atomic E-state index is 0.0352. The number of para-hydroxylation sites is 1. The van der Waals surface area contributed by atoms with Crippen molar-refractivity contribution < 1.29 is 23.9 Å². The number of nitrogens with zero attached hydrogens (tertiary/aromatic N) is 1. The topological polar surface area (TPSA) is 221 Å². The van der Waals surface area contributed by atoms with E-state index in [2.05, 4.69) is 26.3 Å². The van der Waals surface area contributed by atoms with Gasteiger partial charge in [-0.25, -0.2) is 9.78 Å². The van der Waals surface area contributed by atoms with Crippen molar-refractivity contribution in [2.75, 3.05) is 18.4 Å². The standard InChI is InChI=1S/C27H32Cl2N8O5/c28-15-7-8-18(29)17(12-15)22-13-36-23(42-22)14-35-21(25(39)37-20-6-2-1-4-16(20)26(40)41)9-11-33-24(38)19(30)5-3-10-34-27(31)32/h1-2,4,6-8,12-13,19,21,35H,3,5,9-11,14,30H2,(H,33,38)(H,37,39)(H,40,41)(H4,31,32,34). The molecule has 0 bridgehead atoms. The second-order valence-corrected chi connectivity index (χ2v) is 10.0. The van der Waals surface area contributed by atoms with E-state index in [0.717, 1.165) is 0 Å². The molecule has 1 heterocycles. The zero-order valence-electron chi connectivity index (χ0n) is 22.5. The molecular formula is C27H32Cl2N8O5. The van der Waals surface area contributed by atoms with Gasteiger partial charge in [0.2, 0.25) is 17.7 Å². The van der Waals surface area contributed by atoms with Crippen LogP contribution >= 0.6 is 23.2 Å². The van der Waals surface area contributed by atoms with Crippen LogP contribution in [0.3, 0.4) is 0 Å². The number of aromatic nitrogens is 1. The number of nitrogens with two attached hydrogens (primary N) is 2. The Morgan fingerprint density at radius 1 is 1.05 bits per heavy atom. The first-order chi connectivity index (χ1) is 20.0. The molecule has 0 aliphatic heterocycles. The first-order valence-corrected chi connectivity index (χ1v) is 13.7. The average molecular weight is 620 g/mol. The van der Waals surface area contributed by atoms with E-state index in [4.69, 9.17) is 44.5 Å². The molecule has 0 saturated carbocycles. The van der Waals surface area contributed by atoms with Crippen LogP contribution in [0.2, 0.25) is 10.0 Å². The normalized spacial score (nSPS) is 12.3. The molecule has 2 aromatic carbocycles. The number of benzene rings is 2. The number of nitrogens with one attached hydrogen (secondary N) is 5. The highest BCUT2D eigenvalue weighted by Gasteiger charge is 2.22. The second kappa shape index (κ2) is 15.7. The van der Waals surface area contributed by atoms with Crippen LogP contribution in [0.5, 0.6) is 0 Å². The van der Waals surface area contributed by atoms with Gasteiger partial charge >= 0.3 is 5.97 Å². The van der Waals surface area contributed by atoms with Crippen LogP contribution < -0.4 is 32.7 Å². The molecule has 224 valence electrons. The molecule has 2 unspecified atom stereocenters. The second-order valence-electron chi connectivity index (χ2n) is 9.18. The highest BCUT2D eigenvalue weighted by molar-refractivity contribution is 6.35. The lowest BCUT2D eigenvalue weighted by atomic mass is 10.1. The van der Waals surface area contributed by atoms with Crippen molar-refractivity contribution in [2.24, 2.45) is 11.5 Å². The molecule has 0 aliphatic carbocycles. The van der Waals surface area contributed by atoms with E-state index in [1.54, 1.807) is 30.3 Å². The van der Waals surface area contributed by atoms with E-state index < -0.39 is 29.9 Å². The Morgan fingerprint density at radius 3 is 2.55 bits per heavy atom. The van der Waals surface area contributed by atoms with Crippen molar-refractivity contribution in [3.8, 4) is 11.3 Å². The van der Waals surface area contributed by atoms with Gasteiger partial charge in [0.25, 0.3) is 0 Å². The van der Waals surface area contributed by atoms with E-state index in [1.165, 1.54) is 18.3 Å². The van der Waals surface area contributed by atoms with Crippen LogP contribution in [0, 0.1) is 5.41 Å². The minimum Gasteiger partial charge on any atom is -0.478 e. The Bertz CT molecular complexity index is 1420. The minimum atomic E-state index is -1.19. The molecule has 3 aromatic rings. The predicted octanol–water partition coefficient (Wildman–Crippen LogP) is 2.54. The first-order valence-electron chi connectivity index (χ1n) is 12.9. The molecule has 13 nitrogen and oxygen atoms in total. The van der Waals surface area contributed by atoms with Crippen molar-refractivity contribution in [2.45, 2.75) is 37.9 Å². The van der Waals surface area contributed by atoms with Gasteiger partial charge in [-0.2, -0.15) is 0 Å².